The Bertz CT molecular complexity index is 586. The van der Waals surface area contributed by atoms with Gasteiger partial charge < -0.3 is 10.6 Å². The van der Waals surface area contributed by atoms with E-state index in [1.54, 1.807) is 0 Å². The van der Waals surface area contributed by atoms with E-state index in [1.165, 1.54) is 5.56 Å². The molecule has 0 aromatic heterocycles. The summed E-state index contributed by atoms with van der Waals surface area (Å²) in [7, 11) is 0. The quantitative estimate of drug-likeness (QED) is 0.816. The zero-order valence-corrected chi connectivity index (χ0v) is 13.6. The highest BCUT2D eigenvalue weighted by Gasteiger charge is 2.08. The van der Waals surface area contributed by atoms with Crippen LogP contribution in [0, 0.1) is 0 Å². The van der Waals surface area contributed by atoms with E-state index in [4.69, 9.17) is 0 Å². The predicted octanol–water partition coefficient (Wildman–Crippen LogP) is 4.59. The van der Waals surface area contributed by atoms with E-state index in [0.29, 0.717) is 0 Å². The first-order valence-corrected chi connectivity index (χ1v) is 7.80. The van der Waals surface area contributed by atoms with Crippen LogP contribution in [0.25, 0.3) is 0 Å². The summed E-state index contributed by atoms with van der Waals surface area (Å²) in [6, 6.07) is 17.8. The molecule has 2 aromatic carbocycles. The van der Waals surface area contributed by atoms with Crippen LogP contribution < -0.4 is 10.6 Å². The Morgan fingerprint density at radius 2 is 1.76 bits per heavy atom. The van der Waals surface area contributed by atoms with Crippen LogP contribution >= 0.6 is 15.9 Å². The number of para-hydroxylation sites is 1. The van der Waals surface area contributed by atoms with Crippen molar-refractivity contribution in [1.29, 1.82) is 0 Å². The van der Waals surface area contributed by atoms with Crippen molar-refractivity contribution in [3.63, 3.8) is 0 Å². The third-order valence-electron chi connectivity index (χ3n) is 3.21. The van der Waals surface area contributed by atoms with E-state index < -0.39 is 0 Å². The maximum absolute atomic E-state index is 11.9. The number of carbonyl (C=O) groups excluding carboxylic acids is 1. The number of urea groups is 1. The van der Waals surface area contributed by atoms with Gasteiger partial charge in [-0.15, -0.1) is 0 Å². The molecular weight excluding hydrogens is 328 g/mol. The van der Waals surface area contributed by atoms with Crippen molar-refractivity contribution in [1.82, 2.24) is 5.32 Å². The van der Waals surface area contributed by atoms with Crippen molar-refractivity contribution < 1.29 is 4.79 Å². The molecule has 0 fully saturated rings. The Hall–Kier alpha value is -1.81. The Morgan fingerprint density at radius 3 is 2.48 bits per heavy atom. The third-order valence-corrected chi connectivity index (χ3v) is 3.90. The lowest BCUT2D eigenvalue weighted by atomic mass is 10.1. The predicted molar refractivity (Wildman–Crippen MR) is 90.5 cm³/mol. The summed E-state index contributed by atoms with van der Waals surface area (Å²) in [5.41, 5.74) is 2.06. The Kier molecular flexibility index (Phi) is 5.81. The number of nitrogens with one attached hydrogen (secondary N) is 2. The molecule has 2 amide bonds. The van der Waals surface area contributed by atoms with Crippen molar-refractivity contribution in [3.8, 4) is 0 Å². The molecule has 0 aliphatic carbocycles. The molecule has 4 heteroatoms. The zero-order valence-electron chi connectivity index (χ0n) is 12.0. The normalized spacial score (nSPS) is 11.7. The molecule has 0 saturated heterocycles. The fourth-order valence-electron chi connectivity index (χ4n) is 2.04. The SMILES string of the molecule is C[C@H](CCc1ccccc1)NC(=O)Nc1ccccc1Br. The number of benzene rings is 2. The van der Waals surface area contributed by atoms with Gasteiger partial charge in [0.25, 0.3) is 0 Å². The van der Waals surface area contributed by atoms with E-state index in [2.05, 4.69) is 38.7 Å². The number of rotatable bonds is 5. The van der Waals surface area contributed by atoms with Gasteiger partial charge in [-0.05, 0) is 53.4 Å². The van der Waals surface area contributed by atoms with Crippen molar-refractivity contribution in [2.75, 3.05) is 5.32 Å². The van der Waals surface area contributed by atoms with Gasteiger partial charge in [-0.25, -0.2) is 4.79 Å². The highest BCUT2D eigenvalue weighted by atomic mass is 79.9. The summed E-state index contributed by atoms with van der Waals surface area (Å²) in [6.45, 7) is 2.02. The minimum absolute atomic E-state index is 0.118. The van der Waals surface area contributed by atoms with Gasteiger partial charge in [0.2, 0.25) is 0 Å². The van der Waals surface area contributed by atoms with Gasteiger partial charge >= 0.3 is 6.03 Å². The number of aryl methyl sites for hydroxylation is 1. The lowest BCUT2D eigenvalue weighted by Gasteiger charge is -2.15. The zero-order chi connectivity index (χ0) is 15.1. The fraction of sp³-hybridized carbons (Fsp3) is 0.235. The Balaban J connectivity index is 1.78. The van der Waals surface area contributed by atoms with Crippen LogP contribution in [0.5, 0.6) is 0 Å². The highest BCUT2D eigenvalue weighted by molar-refractivity contribution is 9.10. The second-order valence-electron chi connectivity index (χ2n) is 5.00. The van der Waals surface area contributed by atoms with Crippen molar-refractivity contribution in [2.24, 2.45) is 0 Å². The molecule has 0 radical (unpaired) electrons. The van der Waals surface area contributed by atoms with Crippen LogP contribution in [0.15, 0.2) is 59.1 Å². The van der Waals surface area contributed by atoms with Gasteiger partial charge in [0.15, 0.2) is 0 Å². The molecule has 0 saturated carbocycles. The summed E-state index contributed by atoms with van der Waals surface area (Å²) in [4.78, 5) is 11.9. The first-order valence-electron chi connectivity index (χ1n) is 7.01. The summed E-state index contributed by atoms with van der Waals surface area (Å²) in [6.07, 6.45) is 1.87. The van der Waals surface area contributed by atoms with Crippen molar-refractivity contribution >= 4 is 27.6 Å². The van der Waals surface area contributed by atoms with Crippen LogP contribution in [-0.2, 0) is 6.42 Å². The number of hydrogen-bond donors (Lipinski definition) is 2. The molecule has 110 valence electrons. The molecule has 1 atom stereocenters. The number of carbonyl (C=O) groups is 1. The molecule has 2 rings (SSSR count). The van der Waals surface area contributed by atoms with Gasteiger partial charge in [-0.3, -0.25) is 0 Å². The molecule has 0 bridgehead atoms. The minimum Gasteiger partial charge on any atom is -0.335 e. The Labute approximate surface area is 133 Å². The van der Waals surface area contributed by atoms with Crippen LogP contribution in [-0.4, -0.2) is 12.1 Å². The van der Waals surface area contributed by atoms with Crippen molar-refractivity contribution in [2.45, 2.75) is 25.8 Å². The maximum atomic E-state index is 11.9. The second-order valence-corrected chi connectivity index (χ2v) is 5.86. The monoisotopic (exact) mass is 346 g/mol. The van der Waals surface area contributed by atoms with Gasteiger partial charge in [-0.1, -0.05) is 42.5 Å². The molecule has 0 aliphatic heterocycles. The largest absolute Gasteiger partial charge is 0.335 e. The van der Waals surface area contributed by atoms with Crippen LogP contribution in [0.2, 0.25) is 0 Å². The van der Waals surface area contributed by atoms with Crippen LogP contribution in [0.3, 0.4) is 0 Å². The molecular formula is C17H19BrN2O. The highest BCUT2D eigenvalue weighted by Crippen LogP contribution is 2.20. The van der Waals surface area contributed by atoms with E-state index in [0.717, 1.165) is 23.0 Å². The Morgan fingerprint density at radius 1 is 1.10 bits per heavy atom. The van der Waals surface area contributed by atoms with Gasteiger partial charge in [0.1, 0.15) is 0 Å². The van der Waals surface area contributed by atoms with Gasteiger partial charge in [0, 0.05) is 10.5 Å². The summed E-state index contributed by atoms with van der Waals surface area (Å²) in [5.74, 6) is 0. The van der Waals surface area contributed by atoms with Crippen molar-refractivity contribution in [3.05, 3.63) is 64.6 Å². The molecule has 0 heterocycles. The molecule has 21 heavy (non-hydrogen) atoms. The fourth-order valence-corrected chi connectivity index (χ4v) is 2.43. The molecule has 0 unspecified atom stereocenters. The smallest absolute Gasteiger partial charge is 0.319 e. The average Bonchev–Trinajstić information content (AvgIpc) is 2.48. The molecule has 0 aliphatic rings. The molecule has 0 spiro atoms. The van der Waals surface area contributed by atoms with E-state index >= 15 is 0 Å². The van der Waals surface area contributed by atoms with Crippen LogP contribution in [0.1, 0.15) is 18.9 Å². The van der Waals surface area contributed by atoms with Crippen LogP contribution in [0.4, 0.5) is 10.5 Å². The number of halogens is 1. The standard InChI is InChI=1S/C17H19BrN2O/c1-13(11-12-14-7-3-2-4-8-14)19-17(21)20-16-10-6-5-9-15(16)18/h2-10,13H,11-12H2,1H3,(H2,19,20,21)/t13-/m1/s1. The van der Waals surface area contributed by atoms with E-state index in [9.17, 15) is 4.79 Å². The van der Waals surface area contributed by atoms with E-state index in [-0.39, 0.29) is 12.1 Å². The lowest BCUT2D eigenvalue weighted by molar-refractivity contribution is 0.248. The maximum Gasteiger partial charge on any atom is 0.319 e. The number of anilines is 1. The molecule has 2 aromatic rings. The topological polar surface area (TPSA) is 41.1 Å². The summed E-state index contributed by atoms with van der Waals surface area (Å²) < 4.78 is 0.872. The first-order chi connectivity index (χ1) is 10.1. The third kappa shape index (κ3) is 5.23. The van der Waals surface area contributed by atoms with Gasteiger partial charge in [0.05, 0.1) is 5.69 Å². The number of amides is 2. The minimum atomic E-state index is -0.178. The van der Waals surface area contributed by atoms with E-state index in [1.807, 2.05) is 49.4 Å². The lowest BCUT2D eigenvalue weighted by Crippen LogP contribution is -2.36. The second kappa shape index (κ2) is 7.84. The summed E-state index contributed by atoms with van der Waals surface area (Å²) in [5, 5.41) is 5.80. The summed E-state index contributed by atoms with van der Waals surface area (Å²) >= 11 is 3.41. The first kappa shape index (κ1) is 15.6. The average molecular weight is 347 g/mol. The van der Waals surface area contributed by atoms with Gasteiger partial charge in [-0.2, -0.15) is 0 Å². The number of hydrogen-bond acceptors (Lipinski definition) is 1. The molecule has 2 N–H and O–H groups in total. The molecule has 3 nitrogen and oxygen atoms in total.